The fraction of sp³-hybridized carbons (Fsp3) is 0.308. The van der Waals surface area contributed by atoms with Crippen LogP contribution in [0.3, 0.4) is 0 Å². The van der Waals surface area contributed by atoms with E-state index in [1.807, 2.05) is 29.8 Å². The first-order chi connectivity index (χ1) is 7.99. The predicted molar refractivity (Wildman–Crippen MR) is 74.1 cm³/mol. The Bertz CT molecular complexity index is 558. The number of nitrogens with two attached hydrogens (primary N) is 1. The summed E-state index contributed by atoms with van der Waals surface area (Å²) in [5, 5.41) is 4.53. The van der Waals surface area contributed by atoms with Crippen LogP contribution in [-0.4, -0.2) is 9.78 Å². The zero-order valence-electron chi connectivity index (χ0n) is 10.3. The number of halogens is 1. The molecule has 0 aliphatic carbocycles. The van der Waals surface area contributed by atoms with Crippen molar-refractivity contribution in [3.63, 3.8) is 0 Å². The van der Waals surface area contributed by atoms with E-state index in [0.29, 0.717) is 0 Å². The summed E-state index contributed by atoms with van der Waals surface area (Å²) in [6.07, 6.45) is 0. The van der Waals surface area contributed by atoms with Gasteiger partial charge in [0.2, 0.25) is 0 Å². The Kier molecular flexibility index (Phi) is 3.24. The molecule has 1 aromatic heterocycles. The number of anilines is 1. The van der Waals surface area contributed by atoms with Crippen LogP contribution < -0.4 is 5.73 Å². The number of nitrogen functional groups attached to an aromatic ring is 1. The normalized spacial score (nSPS) is 10.8. The summed E-state index contributed by atoms with van der Waals surface area (Å²) >= 11 is 3.53. The molecule has 0 bridgehead atoms. The minimum absolute atomic E-state index is 0.765. The molecule has 1 heterocycles. The molecule has 0 saturated carbocycles. The lowest BCUT2D eigenvalue weighted by atomic mass is 10.2. The summed E-state index contributed by atoms with van der Waals surface area (Å²) in [5.41, 5.74) is 11.2. The van der Waals surface area contributed by atoms with Crippen molar-refractivity contribution in [1.29, 1.82) is 0 Å². The Hall–Kier alpha value is -1.29. The molecule has 3 nitrogen and oxygen atoms in total. The van der Waals surface area contributed by atoms with Gasteiger partial charge in [0.15, 0.2) is 0 Å². The van der Waals surface area contributed by atoms with Crippen LogP contribution in [0.5, 0.6) is 0 Å². The van der Waals surface area contributed by atoms with Gasteiger partial charge >= 0.3 is 0 Å². The van der Waals surface area contributed by atoms with Crippen molar-refractivity contribution in [1.82, 2.24) is 9.78 Å². The van der Waals surface area contributed by atoms with E-state index in [2.05, 4.69) is 34.9 Å². The maximum absolute atomic E-state index is 5.73. The van der Waals surface area contributed by atoms with Gasteiger partial charge in [-0.3, -0.25) is 4.68 Å². The van der Waals surface area contributed by atoms with Crippen LogP contribution in [0.15, 0.2) is 22.7 Å². The molecule has 0 fully saturated rings. The van der Waals surface area contributed by atoms with Crippen LogP contribution in [0, 0.1) is 20.8 Å². The SMILES string of the molecule is Cc1nn(Cc2ccc(N)cc2Br)c(C)c1C. The summed E-state index contributed by atoms with van der Waals surface area (Å²) in [7, 11) is 0. The van der Waals surface area contributed by atoms with E-state index in [-0.39, 0.29) is 0 Å². The Labute approximate surface area is 110 Å². The third-order valence-corrected chi connectivity index (χ3v) is 3.88. The molecule has 0 aliphatic heterocycles. The molecule has 2 aromatic rings. The van der Waals surface area contributed by atoms with Gasteiger partial charge in [-0.15, -0.1) is 0 Å². The van der Waals surface area contributed by atoms with Crippen molar-refractivity contribution in [2.45, 2.75) is 27.3 Å². The minimum Gasteiger partial charge on any atom is -0.399 e. The van der Waals surface area contributed by atoms with Gasteiger partial charge in [-0.1, -0.05) is 22.0 Å². The Balaban J connectivity index is 2.34. The molecule has 2 N–H and O–H groups in total. The van der Waals surface area contributed by atoms with Gasteiger partial charge in [0.1, 0.15) is 0 Å². The molecule has 0 amide bonds. The zero-order valence-corrected chi connectivity index (χ0v) is 11.9. The fourth-order valence-corrected chi connectivity index (χ4v) is 2.32. The monoisotopic (exact) mass is 293 g/mol. The Morgan fingerprint density at radius 3 is 2.53 bits per heavy atom. The van der Waals surface area contributed by atoms with E-state index in [1.165, 1.54) is 16.8 Å². The van der Waals surface area contributed by atoms with Crippen LogP contribution in [0.4, 0.5) is 5.69 Å². The number of aromatic nitrogens is 2. The highest BCUT2D eigenvalue weighted by Gasteiger charge is 2.09. The topological polar surface area (TPSA) is 43.8 Å². The number of benzene rings is 1. The van der Waals surface area contributed by atoms with Gasteiger partial charge in [-0.05, 0) is 44.0 Å². The molecule has 90 valence electrons. The maximum Gasteiger partial charge on any atom is 0.0673 e. The van der Waals surface area contributed by atoms with Gasteiger partial charge < -0.3 is 5.73 Å². The van der Waals surface area contributed by atoms with Crippen molar-refractivity contribution >= 4 is 21.6 Å². The highest BCUT2D eigenvalue weighted by Crippen LogP contribution is 2.22. The molecule has 17 heavy (non-hydrogen) atoms. The first-order valence-corrected chi connectivity index (χ1v) is 6.33. The number of aryl methyl sites for hydroxylation is 1. The van der Waals surface area contributed by atoms with Gasteiger partial charge in [-0.2, -0.15) is 5.10 Å². The van der Waals surface area contributed by atoms with Crippen LogP contribution in [0.2, 0.25) is 0 Å². The molecular weight excluding hydrogens is 278 g/mol. The molecule has 0 unspecified atom stereocenters. The summed E-state index contributed by atoms with van der Waals surface area (Å²) < 4.78 is 3.06. The average Bonchev–Trinajstić information content (AvgIpc) is 2.50. The van der Waals surface area contributed by atoms with Crippen LogP contribution in [0.25, 0.3) is 0 Å². The highest BCUT2D eigenvalue weighted by molar-refractivity contribution is 9.10. The van der Waals surface area contributed by atoms with Gasteiger partial charge in [-0.25, -0.2) is 0 Å². The molecule has 2 rings (SSSR count). The lowest BCUT2D eigenvalue weighted by Gasteiger charge is -2.08. The lowest BCUT2D eigenvalue weighted by Crippen LogP contribution is -2.05. The van der Waals surface area contributed by atoms with Crippen LogP contribution in [0.1, 0.15) is 22.5 Å². The molecule has 0 radical (unpaired) electrons. The van der Waals surface area contributed by atoms with Crippen molar-refractivity contribution in [3.05, 3.63) is 45.2 Å². The van der Waals surface area contributed by atoms with Gasteiger partial charge in [0, 0.05) is 15.9 Å². The third kappa shape index (κ3) is 2.36. The van der Waals surface area contributed by atoms with E-state index >= 15 is 0 Å². The lowest BCUT2D eigenvalue weighted by molar-refractivity contribution is 0.657. The molecule has 4 heteroatoms. The third-order valence-electron chi connectivity index (χ3n) is 3.14. The summed E-state index contributed by atoms with van der Waals surface area (Å²) in [6.45, 7) is 7.00. The van der Waals surface area contributed by atoms with Crippen LogP contribution in [-0.2, 0) is 6.54 Å². The quantitative estimate of drug-likeness (QED) is 0.864. The second-order valence-corrected chi connectivity index (χ2v) is 5.16. The second kappa shape index (κ2) is 4.53. The Morgan fingerprint density at radius 2 is 2.00 bits per heavy atom. The predicted octanol–water partition coefficient (Wildman–Crippen LogP) is 3.20. The van der Waals surface area contributed by atoms with Crippen molar-refractivity contribution in [2.24, 2.45) is 0 Å². The number of rotatable bonds is 2. The smallest absolute Gasteiger partial charge is 0.0673 e. The molecule has 0 aliphatic rings. The molecule has 0 spiro atoms. The number of hydrogen-bond donors (Lipinski definition) is 1. The highest BCUT2D eigenvalue weighted by atomic mass is 79.9. The first kappa shape index (κ1) is 12.2. The fourth-order valence-electron chi connectivity index (χ4n) is 1.79. The van der Waals surface area contributed by atoms with E-state index in [4.69, 9.17) is 5.73 Å². The minimum atomic E-state index is 0.765. The second-order valence-electron chi connectivity index (χ2n) is 4.30. The van der Waals surface area contributed by atoms with E-state index < -0.39 is 0 Å². The van der Waals surface area contributed by atoms with E-state index in [1.54, 1.807) is 0 Å². The molecule has 0 saturated heterocycles. The molecule has 0 atom stereocenters. The van der Waals surface area contributed by atoms with Crippen LogP contribution >= 0.6 is 15.9 Å². The van der Waals surface area contributed by atoms with Crippen molar-refractivity contribution in [3.8, 4) is 0 Å². The summed E-state index contributed by atoms with van der Waals surface area (Å²) in [4.78, 5) is 0. The first-order valence-electron chi connectivity index (χ1n) is 5.53. The molecular formula is C13H16BrN3. The largest absolute Gasteiger partial charge is 0.399 e. The van der Waals surface area contributed by atoms with Gasteiger partial charge in [0.05, 0.1) is 12.2 Å². The van der Waals surface area contributed by atoms with Crippen molar-refractivity contribution in [2.75, 3.05) is 5.73 Å². The molecule has 1 aromatic carbocycles. The van der Waals surface area contributed by atoms with Crippen molar-refractivity contribution < 1.29 is 0 Å². The zero-order chi connectivity index (χ0) is 12.6. The summed E-state index contributed by atoms with van der Waals surface area (Å²) in [6, 6.07) is 5.87. The van der Waals surface area contributed by atoms with E-state index in [0.717, 1.165) is 22.4 Å². The average molecular weight is 294 g/mol. The standard InChI is InChI=1S/C13H16BrN3/c1-8-9(2)16-17(10(8)3)7-11-4-5-12(15)6-13(11)14/h4-6H,7,15H2,1-3H3. The Morgan fingerprint density at radius 1 is 1.29 bits per heavy atom. The number of hydrogen-bond acceptors (Lipinski definition) is 2. The van der Waals surface area contributed by atoms with E-state index in [9.17, 15) is 0 Å². The number of nitrogens with zero attached hydrogens (tertiary/aromatic N) is 2. The summed E-state index contributed by atoms with van der Waals surface area (Å²) in [5.74, 6) is 0. The van der Waals surface area contributed by atoms with Gasteiger partial charge in [0.25, 0.3) is 0 Å². The maximum atomic E-state index is 5.73.